The molecule has 0 aromatic rings. The summed E-state index contributed by atoms with van der Waals surface area (Å²) >= 11 is 0. The smallest absolute Gasteiger partial charge is 0.313 e. The second-order valence-electron chi connectivity index (χ2n) is 7.58. The second-order valence-corrected chi connectivity index (χ2v) is 7.58. The Bertz CT molecular complexity index is 432. The molecule has 2 N–H and O–H groups in total. The first-order valence-corrected chi connectivity index (χ1v) is 11.1. The van der Waals surface area contributed by atoms with Gasteiger partial charge >= 0.3 is 23.9 Å². The molecule has 0 radical (unpaired) electrons. The van der Waals surface area contributed by atoms with Crippen molar-refractivity contribution in [1.82, 2.24) is 0 Å². The van der Waals surface area contributed by atoms with Crippen LogP contribution in [-0.4, -0.2) is 34.1 Å². The minimum absolute atomic E-state index is 0.231. The SMILES string of the molecule is O=C(O)CCCCCCCCCC(=O)OC(=O)CCCCCCCCCC(=O)O. The summed E-state index contributed by atoms with van der Waals surface area (Å²) in [7, 11) is 0. The van der Waals surface area contributed by atoms with E-state index in [0.717, 1.165) is 77.0 Å². The second kappa shape index (κ2) is 19.4. The number of carbonyl (C=O) groups is 4. The molecule has 0 saturated carbocycles. The summed E-state index contributed by atoms with van der Waals surface area (Å²) in [5.74, 6) is -2.39. The van der Waals surface area contributed by atoms with Gasteiger partial charge in [-0.3, -0.25) is 19.2 Å². The average Bonchev–Trinajstić information content (AvgIpc) is 2.64. The number of carboxylic acids is 2. The van der Waals surface area contributed by atoms with Crippen LogP contribution in [0.25, 0.3) is 0 Å². The van der Waals surface area contributed by atoms with Crippen molar-refractivity contribution in [3.05, 3.63) is 0 Å². The first kappa shape index (κ1) is 27.1. The van der Waals surface area contributed by atoms with Crippen molar-refractivity contribution in [2.45, 2.75) is 116 Å². The van der Waals surface area contributed by atoms with E-state index in [9.17, 15) is 19.2 Å². The molecule has 0 aromatic carbocycles. The van der Waals surface area contributed by atoms with Crippen molar-refractivity contribution < 1.29 is 34.1 Å². The number of ether oxygens (including phenoxy) is 1. The highest BCUT2D eigenvalue weighted by Crippen LogP contribution is 2.12. The molecule has 0 fully saturated rings. The Morgan fingerprint density at radius 3 is 0.931 bits per heavy atom. The largest absolute Gasteiger partial charge is 0.481 e. The number of carboxylic acid groups (broad SMARTS) is 2. The van der Waals surface area contributed by atoms with Crippen LogP contribution in [0.2, 0.25) is 0 Å². The Hall–Kier alpha value is -1.92. The van der Waals surface area contributed by atoms with Crippen LogP contribution in [-0.2, 0) is 23.9 Å². The number of esters is 2. The van der Waals surface area contributed by atoms with Gasteiger partial charge in [-0.2, -0.15) is 0 Å². The lowest BCUT2D eigenvalue weighted by atomic mass is 10.1. The van der Waals surface area contributed by atoms with Crippen molar-refractivity contribution in [3.8, 4) is 0 Å². The minimum atomic E-state index is -0.747. The van der Waals surface area contributed by atoms with E-state index in [4.69, 9.17) is 14.9 Å². The first-order chi connectivity index (χ1) is 13.9. The summed E-state index contributed by atoms with van der Waals surface area (Å²) < 4.78 is 4.83. The number of rotatable bonds is 20. The Morgan fingerprint density at radius 1 is 0.414 bits per heavy atom. The molecule has 0 saturated heterocycles. The van der Waals surface area contributed by atoms with Gasteiger partial charge in [0.1, 0.15) is 0 Å². The lowest BCUT2D eigenvalue weighted by Crippen LogP contribution is -2.11. The molecule has 7 nitrogen and oxygen atoms in total. The van der Waals surface area contributed by atoms with Gasteiger partial charge in [0.15, 0.2) is 0 Å². The Morgan fingerprint density at radius 2 is 0.655 bits per heavy atom. The van der Waals surface area contributed by atoms with Crippen molar-refractivity contribution in [1.29, 1.82) is 0 Å². The Labute approximate surface area is 174 Å². The highest BCUT2D eigenvalue weighted by atomic mass is 16.6. The van der Waals surface area contributed by atoms with Gasteiger partial charge in [-0.15, -0.1) is 0 Å². The third kappa shape index (κ3) is 22.2. The van der Waals surface area contributed by atoms with Crippen LogP contribution in [0.4, 0.5) is 0 Å². The predicted molar refractivity (Wildman–Crippen MR) is 109 cm³/mol. The summed E-state index contributed by atoms with van der Waals surface area (Å²) in [5, 5.41) is 17.1. The van der Waals surface area contributed by atoms with E-state index in [1.807, 2.05) is 0 Å². The fourth-order valence-electron chi connectivity index (χ4n) is 3.09. The molecule has 0 amide bonds. The van der Waals surface area contributed by atoms with Crippen LogP contribution in [0, 0.1) is 0 Å². The highest BCUT2D eigenvalue weighted by Gasteiger charge is 2.09. The van der Waals surface area contributed by atoms with Crippen molar-refractivity contribution in [2.24, 2.45) is 0 Å². The predicted octanol–water partition coefficient (Wildman–Crippen LogP) is 5.25. The highest BCUT2D eigenvalue weighted by molar-refractivity contribution is 5.85. The molecule has 0 spiro atoms. The topological polar surface area (TPSA) is 118 Å². The van der Waals surface area contributed by atoms with Crippen LogP contribution < -0.4 is 0 Å². The van der Waals surface area contributed by atoms with Gasteiger partial charge in [0.05, 0.1) is 0 Å². The van der Waals surface area contributed by atoms with Gasteiger partial charge in [0.25, 0.3) is 0 Å². The molecule has 168 valence electrons. The fourth-order valence-corrected chi connectivity index (χ4v) is 3.09. The van der Waals surface area contributed by atoms with Gasteiger partial charge in [0, 0.05) is 25.7 Å². The molecule has 0 aromatic heterocycles. The average molecular weight is 415 g/mol. The maximum atomic E-state index is 11.6. The normalized spacial score (nSPS) is 10.6. The number of hydrogen-bond donors (Lipinski definition) is 2. The van der Waals surface area contributed by atoms with Gasteiger partial charge in [0.2, 0.25) is 0 Å². The quantitative estimate of drug-likeness (QED) is 0.159. The molecule has 0 aliphatic rings. The number of carbonyl (C=O) groups excluding carboxylic acids is 2. The standard InChI is InChI=1S/C22H38O7/c23-19(24)15-11-7-3-1-5-9-13-17-21(27)29-22(28)18-14-10-6-2-4-8-12-16-20(25)26/h1-18H2,(H,23,24)(H,25,26). The molecule has 0 rings (SSSR count). The summed E-state index contributed by atoms with van der Waals surface area (Å²) in [4.78, 5) is 44.0. The maximum Gasteiger partial charge on any atom is 0.313 e. The van der Waals surface area contributed by atoms with Crippen LogP contribution in [0.15, 0.2) is 0 Å². The van der Waals surface area contributed by atoms with Gasteiger partial charge in [-0.05, 0) is 25.7 Å². The summed E-state index contributed by atoms with van der Waals surface area (Å²) in [6, 6.07) is 0. The van der Waals surface area contributed by atoms with E-state index in [0.29, 0.717) is 12.8 Å². The zero-order chi connectivity index (χ0) is 21.7. The summed E-state index contributed by atoms with van der Waals surface area (Å²) in [6.45, 7) is 0. The van der Waals surface area contributed by atoms with E-state index < -0.39 is 23.9 Å². The Balaban J connectivity index is 3.38. The van der Waals surface area contributed by atoms with Crippen molar-refractivity contribution in [3.63, 3.8) is 0 Å². The molecule has 0 heterocycles. The van der Waals surface area contributed by atoms with E-state index in [1.54, 1.807) is 0 Å². The Kier molecular flexibility index (Phi) is 18.1. The zero-order valence-electron chi connectivity index (χ0n) is 17.7. The van der Waals surface area contributed by atoms with E-state index in [-0.39, 0.29) is 25.7 Å². The molecule has 29 heavy (non-hydrogen) atoms. The molecule has 0 aliphatic heterocycles. The van der Waals surface area contributed by atoms with Gasteiger partial charge in [-0.25, -0.2) is 0 Å². The van der Waals surface area contributed by atoms with Gasteiger partial charge < -0.3 is 14.9 Å². The zero-order valence-corrected chi connectivity index (χ0v) is 17.7. The molecule has 0 atom stereocenters. The fraction of sp³-hybridized carbons (Fsp3) is 0.818. The molecule has 7 heteroatoms. The summed E-state index contributed by atoms with van der Waals surface area (Å²) in [6.07, 6.45) is 13.6. The van der Waals surface area contributed by atoms with Crippen LogP contribution in [0.5, 0.6) is 0 Å². The molecular formula is C22H38O7. The molecule has 0 aliphatic carbocycles. The van der Waals surface area contributed by atoms with Gasteiger partial charge in [-0.1, -0.05) is 64.2 Å². The molecular weight excluding hydrogens is 376 g/mol. The lowest BCUT2D eigenvalue weighted by molar-refractivity contribution is -0.159. The number of hydrogen-bond acceptors (Lipinski definition) is 5. The van der Waals surface area contributed by atoms with Crippen LogP contribution in [0.3, 0.4) is 0 Å². The van der Waals surface area contributed by atoms with Crippen LogP contribution >= 0.6 is 0 Å². The van der Waals surface area contributed by atoms with Crippen molar-refractivity contribution in [2.75, 3.05) is 0 Å². The molecule has 0 bridgehead atoms. The molecule has 0 unspecified atom stereocenters. The van der Waals surface area contributed by atoms with E-state index >= 15 is 0 Å². The number of unbranched alkanes of at least 4 members (excludes halogenated alkanes) is 12. The maximum absolute atomic E-state index is 11.6. The third-order valence-electron chi connectivity index (χ3n) is 4.77. The first-order valence-electron chi connectivity index (χ1n) is 11.1. The van der Waals surface area contributed by atoms with Crippen molar-refractivity contribution >= 4 is 23.9 Å². The lowest BCUT2D eigenvalue weighted by Gasteiger charge is -2.04. The minimum Gasteiger partial charge on any atom is -0.481 e. The van der Waals surface area contributed by atoms with E-state index in [2.05, 4.69) is 0 Å². The summed E-state index contributed by atoms with van der Waals surface area (Å²) in [5.41, 5.74) is 0. The monoisotopic (exact) mass is 414 g/mol. The van der Waals surface area contributed by atoms with E-state index in [1.165, 1.54) is 0 Å². The third-order valence-corrected chi connectivity index (χ3v) is 4.77. The number of aliphatic carboxylic acids is 2. The van der Waals surface area contributed by atoms with Crippen LogP contribution in [0.1, 0.15) is 116 Å².